The zero-order chi connectivity index (χ0) is 14.3. The highest BCUT2D eigenvalue weighted by Crippen LogP contribution is 2.28. The molecule has 1 aromatic carbocycles. The summed E-state index contributed by atoms with van der Waals surface area (Å²) in [6.07, 6.45) is 4.91. The normalized spacial score (nSPS) is 19.1. The SMILES string of the molecule is Cn1cc(/C=C2/CS(=O)(=O)c3ccccc3C2=O)cn1. The molecular formula is C14H12N2O3S. The van der Waals surface area contributed by atoms with Gasteiger partial charge in [0.25, 0.3) is 0 Å². The Labute approximate surface area is 116 Å². The molecule has 0 atom stereocenters. The Morgan fingerprint density at radius 1 is 1.30 bits per heavy atom. The molecule has 0 radical (unpaired) electrons. The molecule has 2 aromatic rings. The van der Waals surface area contributed by atoms with Crippen LogP contribution < -0.4 is 0 Å². The Balaban J connectivity index is 2.14. The fourth-order valence-corrected chi connectivity index (χ4v) is 3.83. The molecule has 0 amide bonds. The van der Waals surface area contributed by atoms with Gasteiger partial charge in [0.2, 0.25) is 0 Å². The topological polar surface area (TPSA) is 69.0 Å². The Morgan fingerprint density at radius 3 is 2.75 bits per heavy atom. The first-order valence-electron chi connectivity index (χ1n) is 6.03. The maximum Gasteiger partial charge on any atom is 0.191 e. The van der Waals surface area contributed by atoms with E-state index in [9.17, 15) is 13.2 Å². The van der Waals surface area contributed by atoms with Crippen LogP contribution in [0.4, 0.5) is 0 Å². The number of aryl methyl sites for hydroxylation is 1. The average molecular weight is 288 g/mol. The van der Waals surface area contributed by atoms with Gasteiger partial charge in [-0.3, -0.25) is 9.48 Å². The predicted octanol–water partition coefficient (Wildman–Crippen LogP) is 1.47. The van der Waals surface area contributed by atoms with Crippen LogP contribution in [-0.2, 0) is 16.9 Å². The zero-order valence-corrected chi connectivity index (χ0v) is 11.6. The third-order valence-electron chi connectivity index (χ3n) is 3.17. The number of hydrogen-bond donors (Lipinski definition) is 0. The number of carbonyl (C=O) groups is 1. The Hall–Kier alpha value is -2.21. The number of aromatic nitrogens is 2. The van der Waals surface area contributed by atoms with Gasteiger partial charge in [0.1, 0.15) is 0 Å². The quantitative estimate of drug-likeness (QED) is 0.745. The second-order valence-electron chi connectivity index (χ2n) is 4.70. The number of carbonyl (C=O) groups excluding carboxylic acids is 1. The Morgan fingerprint density at radius 2 is 2.05 bits per heavy atom. The molecule has 0 spiro atoms. The molecule has 20 heavy (non-hydrogen) atoms. The molecule has 0 saturated heterocycles. The second-order valence-corrected chi connectivity index (χ2v) is 6.66. The van der Waals surface area contributed by atoms with Crippen LogP contribution >= 0.6 is 0 Å². The molecule has 0 unspecified atom stereocenters. The fourth-order valence-electron chi connectivity index (χ4n) is 2.27. The summed E-state index contributed by atoms with van der Waals surface area (Å²) in [4.78, 5) is 12.5. The second kappa shape index (κ2) is 4.42. The van der Waals surface area contributed by atoms with Crippen LogP contribution in [0.5, 0.6) is 0 Å². The summed E-state index contributed by atoms with van der Waals surface area (Å²) < 4.78 is 26.0. The summed E-state index contributed by atoms with van der Waals surface area (Å²) in [6, 6.07) is 6.31. The molecule has 2 heterocycles. The lowest BCUT2D eigenvalue weighted by Crippen LogP contribution is -2.24. The Kier molecular flexibility index (Phi) is 2.83. The van der Waals surface area contributed by atoms with Crippen LogP contribution in [0, 0.1) is 0 Å². The van der Waals surface area contributed by atoms with Gasteiger partial charge in [-0.15, -0.1) is 0 Å². The van der Waals surface area contributed by atoms with Gasteiger partial charge in [-0.05, 0) is 18.2 Å². The van der Waals surface area contributed by atoms with Gasteiger partial charge in [-0.25, -0.2) is 8.42 Å². The number of sulfone groups is 1. The van der Waals surface area contributed by atoms with E-state index >= 15 is 0 Å². The van der Waals surface area contributed by atoms with Crippen molar-refractivity contribution in [2.45, 2.75) is 4.90 Å². The molecule has 5 nitrogen and oxygen atoms in total. The average Bonchev–Trinajstić information content (AvgIpc) is 2.81. The minimum Gasteiger partial charge on any atom is -0.289 e. The van der Waals surface area contributed by atoms with Crippen LogP contribution in [0.2, 0.25) is 0 Å². The number of Topliss-reactive ketones (excluding diaryl/α,β-unsaturated/α-hetero) is 1. The van der Waals surface area contributed by atoms with Crippen molar-refractivity contribution in [3.63, 3.8) is 0 Å². The maximum atomic E-state index is 12.4. The first-order valence-corrected chi connectivity index (χ1v) is 7.68. The summed E-state index contributed by atoms with van der Waals surface area (Å²) in [6.45, 7) is 0. The molecule has 1 aliphatic rings. The smallest absolute Gasteiger partial charge is 0.191 e. The number of ketones is 1. The summed E-state index contributed by atoms with van der Waals surface area (Å²) in [5.41, 5.74) is 1.23. The molecule has 3 rings (SSSR count). The molecule has 0 N–H and O–H groups in total. The van der Waals surface area contributed by atoms with Gasteiger partial charge < -0.3 is 0 Å². The van der Waals surface area contributed by atoms with E-state index in [1.807, 2.05) is 0 Å². The standard InChI is InChI=1S/C14H12N2O3S/c1-16-8-10(7-15-16)6-11-9-20(18,19)13-5-3-2-4-12(13)14(11)17/h2-8H,9H2,1H3/b11-6-. The van der Waals surface area contributed by atoms with Gasteiger partial charge in [0.15, 0.2) is 15.6 Å². The maximum absolute atomic E-state index is 12.4. The lowest BCUT2D eigenvalue weighted by atomic mass is 10.0. The van der Waals surface area contributed by atoms with E-state index in [0.29, 0.717) is 5.56 Å². The van der Waals surface area contributed by atoms with E-state index in [0.717, 1.165) is 0 Å². The monoisotopic (exact) mass is 288 g/mol. The number of benzene rings is 1. The van der Waals surface area contributed by atoms with Gasteiger partial charge >= 0.3 is 0 Å². The first-order chi connectivity index (χ1) is 9.47. The van der Waals surface area contributed by atoms with Crippen LogP contribution in [-0.4, -0.2) is 29.7 Å². The van der Waals surface area contributed by atoms with Crippen molar-refractivity contribution in [2.75, 3.05) is 5.75 Å². The third kappa shape index (κ3) is 2.08. The summed E-state index contributed by atoms with van der Waals surface area (Å²) in [5.74, 6) is -0.503. The van der Waals surface area contributed by atoms with E-state index in [1.54, 1.807) is 48.4 Å². The van der Waals surface area contributed by atoms with Gasteiger partial charge in [0, 0.05) is 29.9 Å². The molecule has 0 aliphatic carbocycles. The summed E-state index contributed by atoms with van der Waals surface area (Å²) in [7, 11) is -1.69. The molecule has 1 aliphatic heterocycles. The van der Waals surface area contributed by atoms with E-state index < -0.39 is 9.84 Å². The van der Waals surface area contributed by atoms with E-state index in [4.69, 9.17) is 0 Å². The number of hydrogen-bond acceptors (Lipinski definition) is 4. The number of nitrogens with zero attached hydrogens (tertiary/aromatic N) is 2. The van der Waals surface area contributed by atoms with Crippen molar-refractivity contribution in [2.24, 2.45) is 7.05 Å². The molecule has 6 heteroatoms. The molecule has 1 aromatic heterocycles. The zero-order valence-electron chi connectivity index (χ0n) is 10.8. The molecule has 0 saturated carbocycles. The minimum absolute atomic E-state index is 0.119. The summed E-state index contributed by atoms with van der Waals surface area (Å²) in [5, 5.41) is 4.00. The Bertz CT molecular complexity index is 832. The minimum atomic E-state index is -3.45. The molecule has 0 fully saturated rings. The van der Waals surface area contributed by atoms with E-state index in [2.05, 4.69) is 5.10 Å². The largest absolute Gasteiger partial charge is 0.289 e. The highest BCUT2D eigenvalue weighted by atomic mass is 32.2. The van der Waals surface area contributed by atoms with Gasteiger partial charge in [0.05, 0.1) is 16.8 Å². The summed E-state index contributed by atoms with van der Waals surface area (Å²) >= 11 is 0. The van der Waals surface area contributed by atoms with Crippen LogP contribution in [0.1, 0.15) is 15.9 Å². The first kappa shape index (κ1) is 12.8. The van der Waals surface area contributed by atoms with Crippen LogP contribution in [0.3, 0.4) is 0 Å². The van der Waals surface area contributed by atoms with Crippen molar-refractivity contribution in [3.05, 3.63) is 53.4 Å². The van der Waals surface area contributed by atoms with Crippen molar-refractivity contribution in [1.29, 1.82) is 0 Å². The van der Waals surface area contributed by atoms with E-state index in [1.165, 1.54) is 6.07 Å². The predicted molar refractivity (Wildman–Crippen MR) is 74.0 cm³/mol. The van der Waals surface area contributed by atoms with Gasteiger partial charge in [-0.2, -0.15) is 5.10 Å². The molecule has 102 valence electrons. The van der Waals surface area contributed by atoms with Crippen molar-refractivity contribution >= 4 is 21.7 Å². The van der Waals surface area contributed by atoms with Crippen molar-refractivity contribution in [3.8, 4) is 0 Å². The van der Waals surface area contributed by atoms with Crippen molar-refractivity contribution < 1.29 is 13.2 Å². The van der Waals surface area contributed by atoms with Crippen molar-refractivity contribution in [1.82, 2.24) is 9.78 Å². The molecule has 0 bridgehead atoms. The van der Waals surface area contributed by atoms with Crippen LogP contribution in [0.15, 0.2) is 47.1 Å². The third-order valence-corrected chi connectivity index (χ3v) is 4.89. The molecular weight excluding hydrogens is 276 g/mol. The van der Waals surface area contributed by atoms with E-state index in [-0.39, 0.29) is 27.6 Å². The van der Waals surface area contributed by atoms with Crippen LogP contribution in [0.25, 0.3) is 6.08 Å². The lowest BCUT2D eigenvalue weighted by molar-refractivity contribution is 0.103. The van der Waals surface area contributed by atoms with Gasteiger partial charge in [-0.1, -0.05) is 12.1 Å². The highest BCUT2D eigenvalue weighted by molar-refractivity contribution is 7.91. The number of fused-ring (bicyclic) bond motifs is 1. The lowest BCUT2D eigenvalue weighted by Gasteiger charge is -2.17. The number of rotatable bonds is 1. The highest BCUT2D eigenvalue weighted by Gasteiger charge is 2.32. The fraction of sp³-hybridized carbons (Fsp3) is 0.143.